The Hall–Kier alpha value is -0.570. The fourth-order valence-corrected chi connectivity index (χ4v) is 0.415. The molecule has 0 atom stereocenters. The van der Waals surface area contributed by atoms with Crippen molar-refractivity contribution in [3.05, 3.63) is 0 Å². The number of esters is 1. The zero-order chi connectivity index (χ0) is 7.28. The first kappa shape index (κ1) is 12.1. The van der Waals surface area contributed by atoms with Gasteiger partial charge < -0.3 is 4.74 Å². The Labute approximate surface area is 66.2 Å². The highest BCUT2D eigenvalue weighted by molar-refractivity contribution is 5.94. The van der Waals surface area contributed by atoms with Gasteiger partial charge >= 0.3 is 5.97 Å². The highest BCUT2D eigenvalue weighted by Crippen LogP contribution is 1.86. The standard InChI is InChI=1S/C6H10O3.ClH/c1-3-9-6(8)4-5(2)7;/h3-4H2,1-2H3;1H. The summed E-state index contributed by atoms with van der Waals surface area (Å²) in [5.41, 5.74) is 0. The topological polar surface area (TPSA) is 43.4 Å². The van der Waals surface area contributed by atoms with Crippen LogP contribution in [0, 0.1) is 0 Å². The summed E-state index contributed by atoms with van der Waals surface area (Å²) in [6.45, 7) is 3.40. The van der Waals surface area contributed by atoms with Crippen molar-refractivity contribution in [1.82, 2.24) is 0 Å². The Morgan fingerprint density at radius 2 is 1.90 bits per heavy atom. The van der Waals surface area contributed by atoms with Crippen molar-refractivity contribution in [2.75, 3.05) is 6.61 Å². The molecule has 0 spiro atoms. The lowest BCUT2D eigenvalue weighted by Crippen LogP contribution is -2.07. The monoisotopic (exact) mass is 166 g/mol. The van der Waals surface area contributed by atoms with Crippen LogP contribution in [0.1, 0.15) is 20.3 Å². The minimum absolute atomic E-state index is 0. The van der Waals surface area contributed by atoms with Crippen LogP contribution in [-0.4, -0.2) is 18.4 Å². The molecule has 0 amide bonds. The lowest BCUT2D eigenvalue weighted by atomic mass is 10.3. The van der Waals surface area contributed by atoms with Crippen LogP contribution in [0.2, 0.25) is 0 Å². The van der Waals surface area contributed by atoms with Gasteiger partial charge in [0.25, 0.3) is 0 Å². The van der Waals surface area contributed by atoms with Gasteiger partial charge in [-0.05, 0) is 13.8 Å². The predicted octanol–water partition coefficient (Wildman–Crippen LogP) is 0.950. The SMILES string of the molecule is CCOC(=O)CC(C)=O.Cl. The van der Waals surface area contributed by atoms with Crippen molar-refractivity contribution in [2.24, 2.45) is 0 Å². The molecule has 0 aromatic carbocycles. The zero-order valence-corrected chi connectivity index (χ0v) is 6.86. The third kappa shape index (κ3) is 7.43. The molecule has 0 aromatic heterocycles. The van der Waals surface area contributed by atoms with Crippen LogP contribution in [0.5, 0.6) is 0 Å². The van der Waals surface area contributed by atoms with E-state index in [1.807, 2.05) is 0 Å². The maximum absolute atomic E-state index is 10.4. The molecular weight excluding hydrogens is 156 g/mol. The molecule has 0 aromatic rings. The van der Waals surface area contributed by atoms with Gasteiger partial charge in [0, 0.05) is 0 Å². The van der Waals surface area contributed by atoms with Gasteiger partial charge in [-0.1, -0.05) is 0 Å². The third-order valence-corrected chi connectivity index (χ3v) is 0.699. The molecule has 0 N–H and O–H groups in total. The number of carbonyl (C=O) groups is 2. The first-order chi connectivity index (χ1) is 4.16. The molecule has 0 saturated heterocycles. The quantitative estimate of drug-likeness (QED) is 0.463. The Morgan fingerprint density at radius 1 is 1.40 bits per heavy atom. The molecule has 0 unspecified atom stereocenters. The fraction of sp³-hybridized carbons (Fsp3) is 0.667. The van der Waals surface area contributed by atoms with Crippen molar-refractivity contribution in [1.29, 1.82) is 0 Å². The maximum Gasteiger partial charge on any atom is 0.313 e. The predicted molar refractivity (Wildman–Crippen MR) is 39.2 cm³/mol. The number of carbonyl (C=O) groups excluding carboxylic acids is 2. The summed E-state index contributed by atoms with van der Waals surface area (Å²) >= 11 is 0. The summed E-state index contributed by atoms with van der Waals surface area (Å²) in [5, 5.41) is 0. The maximum atomic E-state index is 10.4. The van der Waals surface area contributed by atoms with E-state index < -0.39 is 5.97 Å². The van der Waals surface area contributed by atoms with Gasteiger partial charge in [-0.15, -0.1) is 12.4 Å². The number of ketones is 1. The first-order valence-electron chi connectivity index (χ1n) is 2.82. The van der Waals surface area contributed by atoms with Gasteiger partial charge in [-0.25, -0.2) is 0 Å². The molecule has 0 aliphatic heterocycles. The molecule has 0 heterocycles. The minimum atomic E-state index is -0.440. The summed E-state index contributed by atoms with van der Waals surface area (Å²) in [5.74, 6) is -0.599. The van der Waals surface area contributed by atoms with E-state index in [0.29, 0.717) is 6.61 Å². The van der Waals surface area contributed by atoms with Gasteiger partial charge in [0.15, 0.2) is 0 Å². The smallest absolute Gasteiger partial charge is 0.313 e. The van der Waals surface area contributed by atoms with Crippen molar-refractivity contribution in [3.63, 3.8) is 0 Å². The number of rotatable bonds is 3. The van der Waals surface area contributed by atoms with E-state index in [4.69, 9.17) is 0 Å². The fourth-order valence-electron chi connectivity index (χ4n) is 0.415. The highest BCUT2D eigenvalue weighted by atomic mass is 35.5. The largest absolute Gasteiger partial charge is 0.466 e. The van der Waals surface area contributed by atoms with E-state index in [1.165, 1.54) is 6.92 Å². The molecule has 0 aliphatic rings. The van der Waals surface area contributed by atoms with E-state index in [-0.39, 0.29) is 24.6 Å². The lowest BCUT2D eigenvalue weighted by molar-refractivity contribution is -0.145. The second-order valence-electron chi connectivity index (χ2n) is 1.68. The van der Waals surface area contributed by atoms with E-state index in [0.717, 1.165) is 0 Å². The molecule has 0 bridgehead atoms. The average Bonchev–Trinajstić information content (AvgIpc) is 1.63. The van der Waals surface area contributed by atoms with Gasteiger partial charge in [-0.2, -0.15) is 0 Å². The van der Waals surface area contributed by atoms with E-state index >= 15 is 0 Å². The van der Waals surface area contributed by atoms with Gasteiger partial charge in [0.05, 0.1) is 6.61 Å². The Morgan fingerprint density at radius 3 is 2.20 bits per heavy atom. The van der Waals surface area contributed by atoms with Crippen molar-refractivity contribution < 1.29 is 14.3 Å². The van der Waals surface area contributed by atoms with Crippen molar-refractivity contribution >= 4 is 24.2 Å². The minimum Gasteiger partial charge on any atom is -0.466 e. The number of hydrogen-bond donors (Lipinski definition) is 0. The number of halogens is 1. The van der Waals surface area contributed by atoms with Gasteiger partial charge in [0.1, 0.15) is 12.2 Å². The molecular formula is C6H11ClO3. The summed E-state index contributed by atoms with van der Waals surface area (Å²) in [6.07, 6.45) is -0.103. The molecule has 0 radical (unpaired) electrons. The van der Waals surface area contributed by atoms with Gasteiger partial charge in [-0.3, -0.25) is 9.59 Å². The molecule has 0 rings (SSSR count). The van der Waals surface area contributed by atoms with Crippen molar-refractivity contribution in [3.8, 4) is 0 Å². The summed E-state index contributed by atoms with van der Waals surface area (Å²) in [7, 11) is 0. The number of Topliss-reactive ketones (excluding diaryl/α,β-unsaturated/α-hetero) is 1. The average molecular weight is 167 g/mol. The summed E-state index contributed by atoms with van der Waals surface area (Å²) < 4.78 is 4.49. The molecule has 3 nitrogen and oxygen atoms in total. The molecule has 0 fully saturated rings. The van der Waals surface area contributed by atoms with Crippen molar-refractivity contribution in [2.45, 2.75) is 20.3 Å². The van der Waals surface area contributed by atoms with E-state index in [1.54, 1.807) is 6.92 Å². The Kier molecular flexibility index (Phi) is 7.95. The van der Waals surface area contributed by atoms with Crippen LogP contribution in [0.4, 0.5) is 0 Å². The number of ether oxygens (including phenoxy) is 1. The molecule has 0 saturated carbocycles. The zero-order valence-electron chi connectivity index (χ0n) is 6.05. The Bertz CT molecular complexity index is 122. The van der Waals surface area contributed by atoms with Crippen LogP contribution in [-0.2, 0) is 14.3 Å². The van der Waals surface area contributed by atoms with Crippen LogP contribution in [0.15, 0.2) is 0 Å². The first-order valence-corrected chi connectivity index (χ1v) is 2.82. The summed E-state index contributed by atoms with van der Waals surface area (Å²) in [4.78, 5) is 20.6. The normalized spacial score (nSPS) is 7.80. The third-order valence-electron chi connectivity index (χ3n) is 0.699. The molecule has 0 aliphatic carbocycles. The second-order valence-corrected chi connectivity index (χ2v) is 1.68. The van der Waals surface area contributed by atoms with Crippen LogP contribution in [0.3, 0.4) is 0 Å². The van der Waals surface area contributed by atoms with E-state index in [2.05, 4.69) is 4.74 Å². The van der Waals surface area contributed by atoms with Crippen LogP contribution < -0.4 is 0 Å². The Balaban J connectivity index is 0. The van der Waals surface area contributed by atoms with Crippen LogP contribution in [0.25, 0.3) is 0 Å². The lowest BCUT2D eigenvalue weighted by Gasteiger charge is -1.96. The summed E-state index contributed by atoms with van der Waals surface area (Å²) in [6, 6.07) is 0. The van der Waals surface area contributed by atoms with E-state index in [9.17, 15) is 9.59 Å². The van der Waals surface area contributed by atoms with Crippen LogP contribution >= 0.6 is 12.4 Å². The highest BCUT2D eigenvalue weighted by Gasteiger charge is 2.03. The molecule has 60 valence electrons. The van der Waals surface area contributed by atoms with Gasteiger partial charge in [0.2, 0.25) is 0 Å². The molecule has 10 heavy (non-hydrogen) atoms. The second kappa shape index (κ2) is 6.55. The number of hydrogen-bond acceptors (Lipinski definition) is 3. The molecule has 4 heteroatoms.